The van der Waals surface area contributed by atoms with E-state index in [1.807, 2.05) is 0 Å². The van der Waals surface area contributed by atoms with Crippen molar-refractivity contribution in [2.45, 2.75) is 58.0 Å². The molecular weight excluding hydrogens is 266 g/mol. The average molecular weight is 293 g/mol. The fourth-order valence-electron chi connectivity index (χ4n) is 2.20. The van der Waals surface area contributed by atoms with Gasteiger partial charge in [-0.2, -0.15) is 0 Å². The summed E-state index contributed by atoms with van der Waals surface area (Å²) in [4.78, 5) is 11.8. The minimum absolute atomic E-state index is 0.120. The van der Waals surface area contributed by atoms with Crippen molar-refractivity contribution in [3.8, 4) is 5.75 Å². The van der Waals surface area contributed by atoms with Gasteiger partial charge in [-0.25, -0.2) is 0 Å². The van der Waals surface area contributed by atoms with E-state index < -0.39 is 6.10 Å². The van der Waals surface area contributed by atoms with Crippen LogP contribution in [0.25, 0.3) is 0 Å². The lowest BCUT2D eigenvalue weighted by molar-refractivity contribution is -0.129. The summed E-state index contributed by atoms with van der Waals surface area (Å²) in [5.74, 6) is -0.263. The molecule has 0 heterocycles. The number of aliphatic hydroxyl groups excluding tert-OH is 1. The topological polar surface area (TPSA) is 69.6 Å². The summed E-state index contributed by atoms with van der Waals surface area (Å²) in [5, 5.41) is 21.8. The number of hydrogen-bond acceptors (Lipinski definition) is 3. The van der Waals surface area contributed by atoms with Gasteiger partial charge in [0.25, 0.3) is 5.91 Å². The highest BCUT2D eigenvalue weighted by molar-refractivity contribution is 5.81. The Bertz CT molecular complexity index is 403. The van der Waals surface area contributed by atoms with Crippen molar-refractivity contribution in [1.82, 2.24) is 5.32 Å². The minimum atomic E-state index is -1.17. The minimum Gasteiger partial charge on any atom is -0.508 e. The smallest absolute Gasteiger partial charge is 0.253 e. The van der Waals surface area contributed by atoms with E-state index in [2.05, 4.69) is 12.2 Å². The first-order valence-corrected chi connectivity index (χ1v) is 7.90. The first-order valence-electron chi connectivity index (χ1n) is 7.90. The fraction of sp³-hybridized carbons (Fsp3) is 0.588. The molecule has 0 bridgehead atoms. The van der Waals surface area contributed by atoms with Gasteiger partial charge in [-0.3, -0.25) is 4.79 Å². The Kier molecular flexibility index (Phi) is 8.51. The van der Waals surface area contributed by atoms with Crippen molar-refractivity contribution in [2.24, 2.45) is 0 Å². The summed E-state index contributed by atoms with van der Waals surface area (Å²) in [6, 6.07) is 6.02. The standard InChI is InChI=1S/C17H27NO3/c1-2-3-4-5-6-7-8-13-18-17(21)16(20)14-9-11-15(19)12-10-14/h9-12,16,19-20H,2-8,13H2,1H3,(H,18,21). The van der Waals surface area contributed by atoms with Crippen LogP contribution in [0.1, 0.15) is 63.5 Å². The molecule has 0 aliphatic carbocycles. The predicted octanol–water partition coefficient (Wildman–Crippen LogP) is 3.29. The van der Waals surface area contributed by atoms with E-state index in [1.54, 1.807) is 12.1 Å². The normalized spacial score (nSPS) is 12.1. The van der Waals surface area contributed by atoms with Gasteiger partial charge in [0.05, 0.1) is 0 Å². The highest BCUT2D eigenvalue weighted by Gasteiger charge is 2.16. The Morgan fingerprint density at radius 3 is 2.24 bits per heavy atom. The number of carbonyl (C=O) groups is 1. The molecular formula is C17H27NO3. The number of rotatable bonds is 10. The Morgan fingerprint density at radius 1 is 1.05 bits per heavy atom. The lowest BCUT2D eigenvalue weighted by Gasteiger charge is -2.11. The summed E-state index contributed by atoms with van der Waals surface area (Å²) in [6.45, 7) is 2.80. The van der Waals surface area contributed by atoms with Gasteiger partial charge in [-0.15, -0.1) is 0 Å². The second-order valence-corrected chi connectivity index (χ2v) is 5.41. The molecule has 0 saturated carbocycles. The highest BCUT2D eigenvalue weighted by Crippen LogP contribution is 2.16. The third-order valence-corrected chi connectivity index (χ3v) is 3.54. The molecule has 1 atom stereocenters. The van der Waals surface area contributed by atoms with Crippen LogP contribution in [0.4, 0.5) is 0 Å². The van der Waals surface area contributed by atoms with E-state index in [-0.39, 0.29) is 11.7 Å². The molecule has 1 aromatic rings. The van der Waals surface area contributed by atoms with E-state index in [9.17, 15) is 15.0 Å². The van der Waals surface area contributed by atoms with Crippen LogP contribution >= 0.6 is 0 Å². The molecule has 1 amide bonds. The Balaban J connectivity index is 2.14. The van der Waals surface area contributed by atoms with E-state index >= 15 is 0 Å². The Hall–Kier alpha value is -1.55. The Morgan fingerprint density at radius 2 is 1.62 bits per heavy atom. The Labute approximate surface area is 127 Å². The lowest BCUT2D eigenvalue weighted by Crippen LogP contribution is -2.30. The molecule has 0 aromatic heterocycles. The number of carbonyl (C=O) groups excluding carboxylic acids is 1. The molecule has 1 unspecified atom stereocenters. The maximum Gasteiger partial charge on any atom is 0.253 e. The number of aromatic hydroxyl groups is 1. The van der Waals surface area contributed by atoms with Crippen molar-refractivity contribution < 1.29 is 15.0 Å². The summed E-state index contributed by atoms with van der Waals surface area (Å²) in [6.07, 6.45) is 7.20. The van der Waals surface area contributed by atoms with Gasteiger partial charge < -0.3 is 15.5 Å². The molecule has 0 aliphatic heterocycles. The monoisotopic (exact) mass is 293 g/mol. The number of phenolic OH excluding ortho intramolecular Hbond substituents is 1. The quantitative estimate of drug-likeness (QED) is 0.580. The SMILES string of the molecule is CCCCCCCCCNC(=O)C(O)c1ccc(O)cc1. The molecule has 0 fully saturated rings. The second-order valence-electron chi connectivity index (χ2n) is 5.41. The molecule has 21 heavy (non-hydrogen) atoms. The van der Waals surface area contributed by atoms with Gasteiger partial charge in [0.2, 0.25) is 0 Å². The van der Waals surface area contributed by atoms with E-state index in [1.165, 1.54) is 44.2 Å². The van der Waals surface area contributed by atoms with E-state index in [0.717, 1.165) is 12.8 Å². The van der Waals surface area contributed by atoms with Crippen LogP contribution in [-0.4, -0.2) is 22.7 Å². The molecule has 3 N–H and O–H groups in total. The third-order valence-electron chi connectivity index (χ3n) is 3.54. The number of aliphatic hydroxyl groups is 1. The summed E-state index contributed by atoms with van der Waals surface area (Å²) < 4.78 is 0. The van der Waals surface area contributed by atoms with Crippen LogP contribution in [0.3, 0.4) is 0 Å². The zero-order chi connectivity index (χ0) is 15.5. The first kappa shape index (κ1) is 17.5. The molecule has 0 aliphatic rings. The number of unbranched alkanes of at least 4 members (excludes halogenated alkanes) is 6. The summed E-state index contributed by atoms with van der Waals surface area (Å²) >= 11 is 0. The fourth-order valence-corrected chi connectivity index (χ4v) is 2.20. The maximum absolute atomic E-state index is 11.8. The molecule has 4 heteroatoms. The van der Waals surface area contributed by atoms with Crippen molar-refractivity contribution in [1.29, 1.82) is 0 Å². The van der Waals surface area contributed by atoms with Gasteiger partial charge in [0.1, 0.15) is 5.75 Å². The third kappa shape index (κ3) is 7.14. The van der Waals surface area contributed by atoms with Gasteiger partial charge in [-0.05, 0) is 24.1 Å². The van der Waals surface area contributed by atoms with Gasteiger partial charge in [0, 0.05) is 6.54 Å². The highest BCUT2D eigenvalue weighted by atomic mass is 16.3. The number of hydrogen-bond donors (Lipinski definition) is 3. The predicted molar refractivity (Wildman–Crippen MR) is 84.1 cm³/mol. The number of phenols is 1. The molecule has 1 aromatic carbocycles. The van der Waals surface area contributed by atoms with Gasteiger partial charge in [0.15, 0.2) is 6.10 Å². The second kappa shape index (κ2) is 10.2. The van der Waals surface area contributed by atoms with Crippen LogP contribution in [0.15, 0.2) is 24.3 Å². The zero-order valence-electron chi connectivity index (χ0n) is 12.8. The molecule has 0 radical (unpaired) electrons. The average Bonchev–Trinajstić information content (AvgIpc) is 2.49. The molecule has 4 nitrogen and oxygen atoms in total. The van der Waals surface area contributed by atoms with E-state index in [4.69, 9.17) is 0 Å². The van der Waals surface area contributed by atoms with Crippen molar-refractivity contribution in [3.63, 3.8) is 0 Å². The van der Waals surface area contributed by atoms with Crippen LogP contribution < -0.4 is 5.32 Å². The van der Waals surface area contributed by atoms with Crippen molar-refractivity contribution in [2.75, 3.05) is 6.54 Å². The molecule has 118 valence electrons. The largest absolute Gasteiger partial charge is 0.508 e. The number of nitrogens with one attached hydrogen (secondary N) is 1. The van der Waals surface area contributed by atoms with Gasteiger partial charge in [-0.1, -0.05) is 57.6 Å². The zero-order valence-corrected chi connectivity index (χ0v) is 12.8. The summed E-state index contributed by atoms with van der Waals surface area (Å²) in [7, 11) is 0. The van der Waals surface area contributed by atoms with Crippen LogP contribution in [0.2, 0.25) is 0 Å². The number of benzene rings is 1. The molecule has 0 spiro atoms. The van der Waals surface area contributed by atoms with Gasteiger partial charge >= 0.3 is 0 Å². The van der Waals surface area contributed by atoms with Crippen LogP contribution in [0.5, 0.6) is 5.75 Å². The lowest BCUT2D eigenvalue weighted by atomic mass is 10.1. The van der Waals surface area contributed by atoms with Crippen molar-refractivity contribution >= 4 is 5.91 Å². The van der Waals surface area contributed by atoms with E-state index in [0.29, 0.717) is 12.1 Å². The maximum atomic E-state index is 11.8. The van der Waals surface area contributed by atoms with Crippen LogP contribution in [-0.2, 0) is 4.79 Å². The first-order chi connectivity index (χ1) is 10.1. The van der Waals surface area contributed by atoms with Crippen molar-refractivity contribution in [3.05, 3.63) is 29.8 Å². The van der Waals surface area contributed by atoms with Crippen LogP contribution in [0, 0.1) is 0 Å². The molecule has 0 saturated heterocycles. The molecule has 1 rings (SSSR count). The number of amides is 1. The summed E-state index contributed by atoms with van der Waals surface area (Å²) in [5.41, 5.74) is 0.491.